The summed E-state index contributed by atoms with van der Waals surface area (Å²) in [5, 5.41) is 19.9. The molecule has 0 aliphatic carbocycles. The predicted molar refractivity (Wildman–Crippen MR) is 68.5 cm³/mol. The third-order valence-electron chi connectivity index (χ3n) is 2.79. The molecule has 19 heavy (non-hydrogen) atoms. The summed E-state index contributed by atoms with van der Waals surface area (Å²) in [7, 11) is 0. The van der Waals surface area contributed by atoms with Crippen molar-refractivity contribution < 1.29 is 24.6 Å². The van der Waals surface area contributed by atoms with Crippen molar-refractivity contribution in [2.75, 3.05) is 6.54 Å². The maximum absolute atomic E-state index is 11.7. The van der Waals surface area contributed by atoms with E-state index < -0.39 is 18.0 Å². The summed E-state index contributed by atoms with van der Waals surface area (Å²) in [6, 6.07) is -1.04. The van der Waals surface area contributed by atoms with Crippen LogP contribution in [0.25, 0.3) is 0 Å². The summed E-state index contributed by atoms with van der Waals surface area (Å²) in [5.74, 6) is -2.77. The van der Waals surface area contributed by atoms with Gasteiger partial charge in [0.05, 0.1) is 0 Å². The van der Waals surface area contributed by atoms with E-state index in [1.165, 1.54) is 0 Å². The molecule has 0 saturated carbocycles. The van der Waals surface area contributed by atoms with Crippen LogP contribution in [0.4, 0.5) is 0 Å². The number of nitrogens with one attached hydrogen (secondary N) is 1. The minimum absolute atomic E-state index is 0.108. The lowest BCUT2D eigenvalue weighted by molar-refractivity contribution is -0.143. The van der Waals surface area contributed by atoms with Gasteiger partial charge in [0.2, 0.25) is 5.91 Å². The summed E-state index contributed by atoms with van der Waals surface area (Å²) >= 11 is 0. The molecule has 0 aromatic rings. The molecular formula is C12H22N2O5. The lowest BCUT2D eigenvalue weighted by atomic mass is 10.0. The van der Waals surface area contributed by atoms with Gasteiger partial charge in [-0.05, 0) is 32.2 Å². The molecule has 5 N–H and O–H groups in total. The molecule has 1 amide bonds. The molecule has 0 aliphatic heterocycles. The molecule has 0 heterocycles. The maximum Gasteiger partial charge on any atom is 0.326 e. The van der Waals surface area contributed by atoms with E-state index in [1.807, 2.05) is 0 Å². The lowest BCUT2D eigenvalue weighted by Gasteiger charge is -2.17. The molecule has 1 unspecified atom stereocenters. The third kappa shape index (κ3) is 8.15. The molecule has 0 fully saturated rings. The number of carboxylic acid groups (broad SMARTS) is 2. The predicted octanol–water partition coefficient (Wildman–Crippen LogP) is 0.186. The van der Waals surface area contributed by atoms with Gasteiger partial charge in [0.25, 0.3) is 0 Å². The summed E-state index contributed by atoms with van der Waals surface area (Å²) in [6.07, 6.45) is 1.51. The summed E-state index contributed by atoms with van der Waals surface area (Å²) in [4.78, 5) is 33.0. The minimum atomic E-state index is -1.15. The fourth-order valence-corrected chi connectivity index (χ4v) is 1.58. The van der Waals surface area contributed by atoms with Crippen molar-refractivity contribution in [3.8, 4) is 0 Å². The van der Waals surface area contributed by atoms with Crippen molar-refractivity contribution >= 4 is 17.8 Å². The lowest BCUT2D eigenvalue weighted by Crippen LogP contribution is -2.43. The Morgan fingerprint density at radius 3 is 2.26 bits per heavy atom. The largest absolute Gasteiger partial charge is 0.481 e. The average molecular weight is 274 g/mol. The second-order valence-electron chi connectivity index (χ2n) is 4.52. The molecular weight excluding hydrogens is 252 g/mol. The van der Waals surface area contributed by atoms with Crippen molar-refractivity contribution in [3.63, 3.8) is 0 Å². The van der Waals surface area contributed by atoms with Gasteiger partial charge < -0.3 is 21.3 Å². The van der Waals surface area contributed by atoms with Gasteiger partial charge in [0.1, 0.15) is 6.04 Å². The van der Waals surface area contributed by atoms with Crippen LogP contribution in [0.2, 0.25) is 0 Å². The number of rotatable bonds is 10. The monoisotopic (exact) mass is 274 g/mol. The zero-order valence-electron chi connectivity index (χ0n) is 11.1. The molecule has 7 heteroatoms. The normalized spacial score (nSPS) is 13.6. The molecule has 0 aliphatic rings. The molecule has 0 rings (SSSR count). The number of hydrogen-bond acceptors (Lipinski definition) is 4. The zero-order chi connectivity index (χ0) is 14.8. The topological polar surface area (TPSA) is 130 Å². The zero-order valence-corrected chi connectivity index (χ0v) is 11.1. The second kappa shape index (κ2) is 9.32. The van der Waals surface area contributed by atoms with Crippen LogP contribution in [-0.4, -0.2) is 40.6 Å². The number of carboxylic acids is 2. The Morgan fingerprint density at radius 1 is 1.16 bits per heavy atom. The van der Waals surface area contributed by atoms with E-state index in [4.69, 9.17) is 15.9 Å². The molecule has 0 spiro atoms. The highest BCUT2D eigenvalue weighted by atomic mass is 16.4. The summed E-state index contributed by atoms with van der Waals surface area (Å²) < 4.78 is 0. The van der Waals surface area contributed by atoms with Gasteiger partial charge in [-0.25, -0.2) is 4.79 Å². The maximum atomic E-state index is 11.7. The van der Waals surface area contributed by atoms with Crippen molar-refractivity contribution in [3.05, 3.63) is 0 Å². The van der Waals surface area contributed by atoms with E-state index in [2.05, 4.69) is 5.32 Å². The number of aliphatic carboxylic acids is 2. The van der Waals surface area contributed by atoms with Crippen molar-refractivity contribution in [1.29, 1.82) is 0 Å². The highest BCUT2D eigenvalue weighted by molar-refractivity contribution is 5.84. The summed E-state index contributed by atoms with van der Waals surface area (Å²) in [6.45, 7) is 2.19. The van der Waals surface area contributed by atoms with Crippen LogP contribution in [0.3, 0.4) is 0 Å². The van der Waals surface area contributed by atoms with Crippen molar-refractivity contribution in [1.82, 2.24) is 5.32 Å². The number of carbonyl (C=O) groups is 3. The van der Waals surface area contributed by atoms with Gasteiger partial charge in [0, 0.05) is 12.3 Å². The Morgan fingerprint density at radius 2 is 1.79 bits per heavy atom. The molecule has 110 valence electrons. The van der Waals surface area contributed by atoms with Crippen LogP contribution in [-0.2, 0) is 14.4 Å². The van der Waals surface area contributed by atoms with E-state index in [0.29, 0.717) is 19.4 Å². The molecule has 0 saturated heterocycles. The Hall–Kier alpha value is -1.63. The number of nitrogens with two attached hydrogens (primary N) is 1. The van der Waals surface area contributed by atoms with Crippen molar-refractivity contribution in [2.24, 2.45) is 11.7 Å². The standard InChI is InChI=1S/C12H22N2O5/c1-8(4-3-7-13)11(17)14-9(12(18)19)5-2-6-10(15)16/h8-9H,2-7,13H2,1H3,(H,14,17)(H,15,16)(H,18,19)/t8?,9-/m1/s1. The van der Waals surface area contributed by atoms with Crippen molar-refractivity contribution in [2.45, 2.75) is 45.1 Å². The third-order valence-corrected chi connectivity index (χ3v) is 2.79. The van der Waals surface area contributed by atoms with E-state index in [1.54, 1.807) is 6.92 Å². The van der Waals surface area contributed by atoms with Crippen LogP contribution < -0.4 is 11.1 Å². The van der Waals surface area contributed by atoms with Gasteiger partial charge in [-0.1, -0.05) is 6.92 Å². The van der Waals surface area contributed by atoms with Gasteiger partial charge in [-0.3, -0.25) is 9.59 Å². The SMILES string of the molecule is CC(CCCN)C(=O)N[C@H](CCCC(=O)O)C(=O)O. The molecule has 0 radical (unpaired) electrons. The van der Waals surface area contributed by atoms with E-state index in [-0.39, 0.29) is 31.1 Å². The quantitative estimate of drug-likeness (QED) is 0.450. The van der Waals surface area contributed by atoms with E-state index >= 15 is 0 Å². The molecule has 7 nitrogen and oxygen atoms in total. The molecule has 0 aromatic carbocycles. The molecule has 0 bridgehead atoms. The highest BCUT2D eigenvalue weighted by Gasteiger charge is 2.22. The van der Waals surface area contributed by atoms with Gasteiger partial charge in [0.15, 0.2) is 0 Å². The Balaban J connectivity index is 4.21. The first-order valence-electron chi connectivity index (χ1n) is 6.33. The van der Waals surface area contributed by atoms with Gasteiger partial charge >= 0.3 is 11.9 Å². The van der Waals surface area contributed by atoms with Crippen LogP contribution in [0, 0.1) is 5.92 Å². The number of hydrogen-bond donors (Lipinski definition) is 4. The van der Waals surface area contributed by atoms with E-state index in [0.717, 1.165) is 0 Å². The average Bonchev–Trinajstić information content (AvgIpc) is 2.33. The van der Waals surface area contributed by atoms with Crippen LogP contribution in [0.5, 0.6) is 0 Å². The first kappa shape index (κ1) is 17.4. The fourth-order valence-electron chi connectivity index (χ4n) is 1.58. The Kier molecular flexibility index (Phi) is 8.52. The minimum Gasteiger partial charge on any atom is -0.481 e. The Bertz CT molecular complexity index is 319. The molecule has 0 aromatic heterocycles. The smallest absolute Gasteiger partial charge is 0.326 e. The second-order valence-corrected chi connectivity index (χ2v) is 4.52. The summed E-state index contributed by atoms with van der Waals surface area (Å²) in [5.41, 5.74) is 5.34. The first-order chi connectivity index (χ1) is 8.88. The van der Waals surface area contributed by atoms with Gasteiger partial charge in [-0.15, -0.1) is 0 Å². The van der Waals surface area contributed by atoms with Crippen LogP contribution in [0.15, 0.2) is 0 Å². The van der Waals surface area contributed by atoms with Crippen LogP contribution in [0.1, 0.15) is 39.0 Å². The number of amides is 1. The van der Waals surface area contributed by atoms with Gasteiger partial charge in [-0.2, -0.15) is 0 Å². The first-order valence-corrected chi connectivity index (χ1v) is 6.33. The van der Waals surface area contributed by atoms with Crippen LogP contribution >= 0.6 is 0 Å². The number of carbonyl (C=O) groups excluding carboxylic acids is 1. The Labute approximate surface area is 112 Å². The molecule has 2 atom stereocenters. The highest BCUT2D eigenvalue weighted by Crippen LogP contribution is 2.07. The van der Waals surface area contributed by atoms with E-state index in [9.17, 15) is 14.4 Å². The fraction of sp³-hybridized carbons (Fsp3) is 0.750.